The Morgan fingerprint density at radius 3 is 2.64 bits per heavy atom. The van der Waals surface area contributed by atoms with Crippen LogP contribution in [-0.4, -0.2) is 19.2 Å². The second-order valence-electron chi connectivity index (χ2n) is 4.83. The summed E-state index contributed by atoms with van der Waals surface area (Å²) in [6.07, 6.45) is 5.48. The predicted molar refractivity (Wildman–Crippen MR) is 85.4 cm³/mol. The molecule has 108 valence electrons. The Bertz CT molecular complexity index is 956. The summed E-state index contributed by atoms with van der Waals surface area (Å²) in [5, 5.41) is 4.34. The van der Waals surface area contributed by atoms with Crippen molar-refractivity contribution in [1.82, 2.24) is 19.2 Å². The first-order valence-electron chi connectivity index (χ1n) is 6.65. The lowest BCUT2D eigenvalue weighted by Gasteiger charge is -2.08. The molecule has 0 radical (unpaired) electrons. The fourth-order valence-electron chi connectivity index (χ4n) is 2.41. The lowest BCUT2D eigenvalue weighted by atomic mass is 10.2. The number of aromatic nitrogens is 4. The van der Waals surface area contributed by atoms with Crippen LogP contribution in [0.15, 0.2) is 65.7 Å². The first-order chi connectivity index (χ1) is 10.7. The summed E-state index contributed by atoms with van der Waals surface area (Å²) in [5.41, 5.74) is 3.59. The number of imidazole rings is 1. The van der Waals surface area contributed by atoms with Crippen molar-refractivity contribution >= 4 is 21.6 Å². The maximum atomic E-state index is 13.1. The van der Waals surface area contributed by atoms with E-state index in [9.17, 15) is 4.39 Å². The molecule has 1 aromatic carbocycles. The van der Waals surface area contributed by atoms with Gasteiger partial charge in [-0.05, 0) is 58.4 Å². The van der Waals surface area contributed by atoms with Gasteiger partial charge in [-0.2, -0.15) is 5.10 Å². The van der Waals surface area contributed by atoms with E-state index in [1.807, 2.05) is 28.8 Å². The van der Waals surface area contributed by atoms with E-state index in [4.69, 9.17) is 0 Å². The molecule has 0 atom stereocenters. The van der Waals surface area contributed by atoms with Crippen LogP contribution in [0.4, 0.5) is 4.39 Å². The molecule has 0 unspecified atom stereocenters. The van der Waals surface area contributed by atoms with E-state index < -0.39 is 0 Å². The maximum Gasteiger partial charge on any atom is 0.137 e. The Balaban J connectivity index is 1.87. The zero-order valence-electron chi connectivity index (χ0n) is 11.3. The SMILES string of the molecule is Fc1ccc(-n2nccc2-c2ccc3ncc(Br)n3c2)cc1. The number of hydrogen-bond acceptors (Lipinski definition) is 2. The van der Waals surface area contributed by atoms with E-state index in [2.05, 4.69) is 26.0 Å². The Morgan fingerprint density at radius 1 is 1.00 bits per heavy atom. The smallest absolute Gasteiger partial charge is 0.137 e. The fraction of sp³-hybridized carbons (Fsp3) is 0. The summed E-state index contributed by atoms with van der Waals surface area (Å²) in [6.45, 7) is 0. The topological polar surface area (TPSA) is 35.1 Å². The summed E-state index contributed by atoms with van der Waals surface area (Å²) in [4.78, 5) is 4.28. The van der Waals surface area contributed by atoms with Crippen molar-refractivity contribution in [2.24, 2.45) is 0 Å². The zero-order chi connectivity index (χ0) is 15.1. The second-order valence-corrected chi connectivity index (χ2v) is 5.64. The first kappa shape index (κ1) is 13.2. The third-order valence-electron chi connectivity index (χ3n) is 3.47. The van der Waals surface area contributed by atoms with Crippen molar-refractivity contribution in [3.63, 3.8) is 0 Å². The second kappa shape index (κ2) is 5.06. The number of halogens is 2. The fourth-order valence-corrected chi connectivity index (χ4v) is 2.80. The molecule has 4 aromatic rings. The summed E-state index contributed by atoms with van der Waals surface area (Å²) in [7, 11) is 0. The van der Waals surface area contributed by atoms with Gasteiger partial charge in [0.1, 0.15) is 16.1 Å². The van der Waals surface area contributed by atoms with E-state index in [0.29, 0.717) is 0 Å². The van der Waals surface area contributed by atoms with Crippen LogP contribution in [0.1, 0.15) is 0 Å². The van der Waals surface area contributed by atoms with E-state index in [0.717, 1.165) is 27.2 Å². The van der Waals surface area contributed by atoms with Gasteiger partial charge in [0, 0.05) is 11.8 Å². The summed E-state index contributed by atoms with van der Waals surface area (Å²) >= 11 is 3.47. The van der Waals surface area contributed by atoms with E-state index in [-0.39, 0.29) is 5.82 Å². The van der Waals surface area contributed by atoms with Gasteiger partial charge >= 0.3 is 0 Å². The molecule has 0 bridgehead atoms. The Kier molecular flexibility index (Phi) is 3.04. The van der Waals surface area contributed by atoms with E-state index >= 15 is 0 Å². The van der Waals surface area contributed by atoms with Gasteiger partial charge in [-0.25, -0.2) is 14.1 Å². The molecule has 4 nitrogen and oxygen atoms in total. The molecular weight excluding hydrogens is 347 g/mol. The number of rotatable bonds is 2. The van der Waals surface area contributed by atoms with Crippen molar-refractivity contribution in [2.45, 2.75) is 0 Å². The molecule has 3 aromatic heterocycles. The normalized spacial score (nSPS) is 11.2. The van der Waals surface area contributed by atoms with Crippen LogP contribution in [-0.2, 0) is 0 Å². The number of hydrogen-bond donors (Lipinski definition) is 0. The molecule has 0 fully saturated rings. The van der Waals surface area contributed by atoms with E-state index in [1.165, 1.54) is 12.1 Å². The quantitative estimate of drug-likeness (QED) is 0.542. The number of fused-ring (bicyclic) bond motifs is 1. The minimum absolute atomic E-state index is 0.263. The molecule has 0 aliphatic heterocycles. The maximum absolute atomic E-state index is 13.1. The molecule has 4 rings (SSSR count). The third kappa shape index (κ3) is 2.12. The largest absolute Gasteiger partial charge is 0.294 e. The molecular formula is C16H10BrFN4. The molecule has 6 heteroatoms. The minimum atomic E-state index is -0.263. The van der Waals surface area contributed by atoms with Crippen LogP contribution in [0.3, 0.4) is 0 Å². The Morgan fingerprint density at radius 2 is 1.82 bits per heavy atom. The Hall–Kier alpha value is -2.47. The van der Waals surface area contributed by atoms with Gasteiger partial charge in [0.2, 0.25) is 0 Å². The molecule has 0 spiro atoms. The summed E-state index contributed by atoms with van der Waals surface area (Å²) in [6, 6.07) is 12.1. The highest BCUT2D eigenvalue weighted by atomic mass is 79.9. The zero-order valence-corrected chi connectivity index (χ0v) is 12.9. The monoisotopic (exact) mass is 356 g/mol. The number of pyridine rings is 1. The lowest BCUT2D eigenvalue weighted by molar-refractivity contribution is 0.627. The third-order valence-corrected chi connectivity index (χ3v) is 4.06. The average molecular weight is 357 g/mol. The van der Waals surface area contributed by atoms with Crippen molar-refractivity contribution in [2.75, 3.05) is 0 Å². The van der Waals surface area contributed by atoms with Crippen molar-refractivity contribution < 1.29 is 4.39 Å². The molecule has 0 N–H and O–H groups in total. The van der Waals surface area contributed by atoms with E-state index in [1.54, 1.807) is 29.2 Å². The van der Waals surface area contributed by atoms with Gasteiger partial charge < -0.3 is 0 Å². The average Bonchev–Trinajstić information content (AvgIpc) is 3.15. The minimum Gasteiger partial charge on any atom is -0.294 e. The van der Waals surface area contributed by atoms with Gasteiger partial charge in [0.15, 0.2) is 0 Å². The van der Waals surface area contributed by atoms with Gasteiger partial charge in [0.25, 0.3) is 0 Å². The van der Waals surface area contributed by atoms with Crippen LogP contribution in [0.5, 0.6) is 0 Å². The van der Waals surface area contributed by atoms with Crippen LogP contribution in [0.25, 0.3) is 22.6 Å². The van der Waals surface area contributed by atoms with Gasteiger partial charge in [-0.15, -0.1) is 0 Å². The van der Waals surface area contributed by atoms with Crippen molar-refractivity contribution in [3.05, 3.63) is 71.5 Å². The van der Waals surface area contributed by atoms with Crippen LogP contribution < -0.4 is 0 Å². The van der Waals surface area contributed by atoms with Crippen LogP contribution in [0.2, 0.25) is 0 Å². The summed E-state index contributed by atoms with van der Waals surface area (Å²) in [5.74, 6) is -0.263. The Labute approximate surface area is 134 Å². The highest BCUT2D eigenvalue weighted by Gasteiger charge is 2.09. The van der Waals surface area contributed by atoms with Gasteiger partial charge in [-0.1, -0.05) is 0 Å². The number of benzene rings is 1. The van der Waals surface area contributed by atoms with Crippen molar-refractivity contribution in [1.29, 1.82) is 0 Å². The first-order valence-corrected chi connectivity index (χ1v) is 7.45. The number of nitrogens with zero attached hydrogens (tertiary/aromatic N) is 4. The molecule has 3 heterocycles. The molecule has 0 saturated heterocycles. The predicted octanol–water partition coefficient (Wildman–Crippen LogP) is 4.09. The molecule has 0 saturated carbocycles. The molecule has 0 amide bonds. The van der Waals surface area contributed by atoms with Gasteiger partial charge in [-0.3, -0.25) is 4.40 Å². The lowest BCUT2D eigenvalue weighted by Crippen LogP contribution is -1.99. The summed E-state index contributed by atoms with van der Waals surface area (Å²) < 4.78 is 17.7. The standard InChI is InChI=1S/C16H10BrFN4/c17-15-9-19-16-6-1-11(10-21(15)16)14-7-8-20-22(14)13-4-2-12(18)3-5-13/h1-10H. The molecule has 22 heavy (non-hydrogen) atoms. The van der Waals surface area contributed by atoms with Crippen molar-refractivity contribution in [3.8, 4) is 16.9 Å². The van der Waals surface area contributed by atoms with Crippen LogP contribution in [0, 0.1) is 5.82 Å². The van der Waals surface area contributed by atoms with Gasteiger partial charge in [0.05, 0.1) is 23.8 Å². The highest BCUT2D eigenvalue weighted by Crippen LogP contribution is 2.24. The molecule has 0 aliphatic carbocycles. The van der Waals surface area contributed by atoms with Crippen LogP contribution >= 0.6 is 15.9 Å². The highest BCUT2D eigenvalue weighted by molar-refractivity contribution is 9.10. The molecule has 0 aliphatic rings.